The van der Waals surface area contributed by atoms with Crippen LogP contribution in [-0.2, 0) is 0 Å². The second-order valence-electron chi connectivity index (χ2n) is 4.15. The Labute approximate surface area is 115 Å². The highest BCUT2D eigenvalue weighted by molar-refractivity contribution is 5.58. The van der Waals surface area contributed by atoms with Crippen LogP contribution in [0.4, 0.5) is 5.69 Å². The zero-order chi connectivity index (χ0) is 13.9. The van der Waals surface area contributed by atoms with Gasteiger partial charge < -0.3 is 5.73 Å². The second-order valence-corrected chi connectivity index (χ2v) is 4.15. The molecule has 2 N–H and O–H groups in total. The van der Waals surface area contributed by atoms with Crippen LogP contribution in [-0.4, -0.2) is 19.7 Å². The summed E-state index contributed by atoms with van der Waals surface area (Å²) in [6.45, 7) is 0. The van der Waals surface area contributed by atoms with Crippen molar-refractivity contribution in [2.24, 2.45) is 0 Å². The molecule has 0 spiro atoms. The van der Waals surface area contributed by atoms with Crippen LogP contribution in [0.25, 0.3) is 17.1 Å². The Morgan fingerprint density at radius 2 is 1.90 bits per heavy atom. The first-order chi connectivity index (χ1) is 9.76. The van der Waals surface area contributed by atoms with Crippen LogP contribution in [0.2, 0.25) is 0 Å². The molecule has 0 radical (unpaired) electrons. The average Bonchev–Trinajstić information content (AvgIpc) is 2.98. The summed E-state index contributed by atoms with van der Waals surface area (Å²) in [6.07, 6.45) is 3.17. The number of nitrogen functional groups attached to an aromatic ring is 1. The van der Waals surface area contributed by atoms with Crippen LogP contribution in [0.1, 0.15) is 5.69 Å². The van der Waals surface area contributed by atoms with E-state index in [0.717, 1.165) is 11.3 Å². The first-order valence-electron chi connectivity index (χ1n) is 5.90. The molecule has 0 atom stereocenters. The molecule has 6 nitrogen and oxygen atoms in total. The Morgan fingerprint density at radius 1 is 1.10 bits per heavy atom. The lowest BCUT2D eigenvalue weighted by atomic mass is 10.2. The van der Waals surface area contributed by atoms with Gasteiger partial charge in [-0.15, -0.1) is 5.10 Å². The van der Waals surface area contributed by atoms with E-state index < -0.39 is 0 Å². The molecule has 0 bridgehead atoms. The number of aromatic nitrogens is 4. The monoisotopic (exact) mass is 262 g/mol. The number of nitriles is 1. The number of anilines is 1. The van der Waals surface area contributed by atoms with Crippen molar-refractivity contribution in [1.82, 2.24) is 19.7 Å². The molecular formula is C14H10N6. The van der Waals surface area contributed by atoms with E-state index in [4.69, 9.17) is 11.0 Å². The Hall–Kier alpha value is -3.20. The lowest BCUT2D eigenvalue weighted by molar-refractivity contribution is 0.878. The van der Waals surface area contributed by atoms with Crippen LogP contribution >= 0.6 is 0 Å². The van der Waals surface area contributed by atoms with Gasteiger partial charge in [-0.3, -0.25) is 0 Å². The molecule has 0 aliphatic carbocycles. The van der Waals surface area contributed by atoms with E-state index in [1.54, 1.807) is 41.5 Å². The molecule has 0 aliphatic heterocycles. The van der Waals surface area contributed by atoms with Crippen molar-refractivity contribution < 1.29 is 0 Å². The van der Waals surface area contributed by atoms with Crippen molar-refractivity contribution >= 4 is 5.69 Å². The first-order valence-corrected chi connectivity index (χ1v) is 5.90. The standard InChI is InChI=1S/C14H10N6/c15-8-12-7-13(5-6-17-12)20-9-18-14(19-20)10-1-3-11(16)4-2-10/h1-7,9H,16H2. The minimum absolute atomic E-state index is 0.340. The number of nitrogens with zero attached hydrogens (tertiary/aromatic N) is 5. The van der Waals surface area contributed by atoms with Gasteiger partial charge in [-0.05, 0) is 30.3 Å². The minimum Gasteiger partial charge on any atom is -0.399 e. The van der Waals surface area contributed by atoms with Gasteiger partial charge in [-0.1, -0.05) is 0 Å². The molecule has 2 heterocycles. The summed E-state index contributed by atoms with van der Waals surface area (Å²) in [6, 6.07) is 12.7. The highest BCUT2D eigenvalue weighted by atomic mass is 15.3. The Balaban J connectivity index is 1.97. The van der Waals surface area contributed by atoms with Gasteiger partial charge in [0.1, 0.15) is 18.1 Å². The van der Waals surface area contributed by atoms with Crippen molar-refractivity contribution in [3.8, 4) is 23.1 Å². The van der Waals surface area contributed by atoms with Crippen molar-refractivity contribution in [3.05, 3.63) is 54.6 Å². The van der Waals surface area contributed by atoms with Crippen LogP contribution in [0, 0.1) is 11.3 Å². The van der Waals surface area contributed by atoms with E-state index in [-0.39, 0.29) is 0 Å². The van der Waals surface area contributed by atoms with Gasteiger partial charge in [0.25, 0.3) is 0 Å². The van der Waals surface area contributed by atoms with Gasteiger partial charge in [0.2, 0.25) is 0 Å². The highest BCUT2D eigenvalue weighted by Gasteiger charge is 2.06. The Bertz CT molecular complexity index is 782. The molecule has 0 aliphatic rings. The molecule has 3 rings (SSSR count). The molecule has 20 heavy (non-hydrogen) atoms. The maximum absolute atomic E-state index is 8.85. The smallest absolute Gasteiger partial charge is 0.181 e. The fourth-order valence-corrected chi connectivity index (χ4v) is 1.77. The summed E-state index contributed by atoms with van der Waals surface area (Å²) in [7, 11) is 0. The Kier molecular flexibility index (Phi) is 2.86. The third-order valence-electron chi connectivity index (χ3n) is 2.78. The third kappa shape index (κ3) is 2.20. The average molecular weight is 262 g/mol. The molecule has 3 aromatic rings. The zero-order valence-corrected chi connectivity index (χ0v) is 10.4. The largest absolute Gasteiger partial charge is 0.399 e. The fourth-order valence-electron chi connectivity index (χ4n) is 1.77. The van der Waals surface area contributed by atoms with Gasteiger partial charge in [0.05, 0.1) is 5.69 Å². The summed E-state index contributed by atoms with van der Waals surface area (Å²) in [4.78, 5) is 8.18. The fraction of sp³-hybridized carbons (Fsp3) is 0. The van der Waals surface area contributed by atoms with E-state index in [1.165, 1.54) is 0 Å². The van der Waals surface area contributed by atoms with E-state index in [1.807, 2.05) is 18.2 Å². The number of pyridine rings is 1. The third-order valence-corrected chi connectivity index (χ3v) is 2.78. The van der Waals surface area contributed by atoms with Crippen molar-refractivity contribution in [2.75, 3.05) is 5.73 Å². The second kappa shape index (κ2) is 4.82. The number of benzene rings is 1. The van der Waals surface area contributed by atoms with Crippen molar-refractivity contribution in [3.63, 3.8) is 0 Å². The first kappa shape index (κ1) is 11.9. The molecule has 0 unspecified atom stereocenters. The highest BCUT2D eigenvalue weighted by Crippen LogP contribution is 2.17. The quantitative estimate of drug-likeness (QED) is 0.710. The molecule has 0 saturated heterocycles. The van der Waals surface area contributed by atoms with E-state index >= 15 is 0 Å². The molecule has 1 aromatic carbocycles. The number of hydrogen-bond acceptors (Lipinski definition) is 5. The van der Waals surface area contributed by atoms with E-state index in [0.29, 0.717) is 17.2 Å². The van der Waals surface area contributed by atoms with Crippen LogP contribution in [0.15, 0.2) is 48.9 Å². The molecule has 96 valence electrons. The molecule has 0 fully saturated rings. The predicted octanol–water partition coefficient (Wildman–Crippen LogP) is 1.78. The topological polar surface area (TPSA) is 93.4 Å². The Morgan fingerprint density at radius 3 is 2.65 bits per heavy atom. The maximum Gasteiger partial charge on any atom is 0.181 e. The van der Waals surface area contributed by atoms with Gasteiger partial charge in [-0.25, -0.2) is 14.6 Å². The SMILES string of the molecule is N#Cc1cc(-n2cnc(-c3ccc(N)cc3)n2)ccn1. The van der Waals surface area contributed by atoms with E-state index in [2.05, 4.69) is 15.1 Å². The van der Waals surface area contributed by atoms with Gasteiger partial charge in [0.15, 0.2) is 5.82 Å². The van der Waals surface area contributed by atoms with Gasteiger partial charge >= 0.3 is 0 Å². The molecule has 6 heteroatoms. The molecular weight excluding hydrogens is 252 g/mol. The zero-order valence-electron chi connectivity index (χ0n) is 10.4. The normalized spacial score (nSPS) is 10.2. The predicted molar refractivity (Wildman–Crippen MR) is 73.7 cm³/mol. The number of hydrogen-bond donors (Lipinski definition) is 1. The van der Waals surface area contributed by atoms with Crippen LogP contribution < -0.4 is 5.73 Å². The number of nitrogens with two attached hydrogens (primary N) is 1. The van der Waals surface area contributed by atoms with Crippen LogP contribution in [0.3, 0.4) is 0 Å². The maximum atomic E-state index is 8.85. The van der Waals surface area contributed by atoms with E-state index in [9.17, 15) is 0 Å². The lowest BCUT2D eigenvalue weighted by Crippen LogP contribution is -1.96. The summed E-state index contributed by atoms with van der Waals surface area (Å²) in [5.74, 6) is 0.598. The molecule has 0 saturated carbocycles. The summed E-state index contributed by atoms with van der Waals surface area (Å²) in [5, 5.41) is 13.2. The van der Waals surface area contributed by atoms with Crippen molar-refractivity contribution in [1.29, 1.82) is 5.26 Å². The molecule has 0 amide bonds. The van der Waals surface area contributed by atoms with Crippen molar-refractivity contribution in [2.45, 2.75) is 0 Å². The van der Waals surface area contributed by atoms with Crippen LogP contribution in [0.5, 0.6) is 0 Å². The summed E-state index contributed by atoms with van der Waals surface area (Å²) < 4.78 is 1.61. The minimum atomic E-state index is 0.340. The number of rotatable bonds is 2. The van der Waals surface area contributed by atoms with Gasteiger partial charge in [0, 0.05) is 23.5 Å². The summed E-state index contributed by atoms with van der Waals surface area (Å²) in [5.41, 5.74) is 8.31. The van der Waals surface area contributed by atoms with Gasteiger partial charge in [-0.2, -0.15) is 5.26 Å². The summed E-state index contributed by atoms with van der Waals surface area (Å²) >= 11 is 0. The lowest BCUT2D eigenvalue weighted by Gasteiger charge is -1.99. The molecule has 2 aromatic heterocycles.